The van der Waals surface area contributed by atoms with Crippen LogP contribution in [0, 0.1) is 17.0 Å². The Balaban J connectivity index is 0.00000324. The number of ether oxygens (including phenoxy) is 2. The summed E-state index contributed by atoms with van der Waals surface area (Å²) >= 11 is -0.100. The van der Waals surface area contributed by atoms with Gasteiger partial charge in [0.25, 0.3) is 0 Å². The molecule has 0 saturated heterocycles. The Morgan fingerprint density at radius 1 is 1.32 bits per heavy atom. The largest absolute Gasteiger partial charge is 0.147 e. The number of likely N-dealkylation sites (N-methyl/N-ethyl adjacent to an activating group) is 1. The summed E-state index contributed by atoms with van der Waals surface area (Å²) in [6.07, 6.45) is 3.83. The van der Waals surface area contributed by atoms with Gasteiger partial charge in [0.2, 0.25) is 0 Å². The standard InChI is InChI=1S/C24H25N3O5Se.ClH/c1-14(2)23(28)31-13-17-11-18(27(29)30)10-16-7-8-24(32-22(16)17)26(6)20-9-15(3)19(25(4)5)12-21(20)33-24;/h7-12H,1,13H2,2-6H3;1H. The molecule has 8 nitrogen and oxygen atoms in total. The summed E-state index contributed by atoms with van der Waals surface area (Å²) in [6.45, 7) is 7.08. The molecule has 0 fully saturated rings. The molecular weight excluding hydrogens is 525 g/mol. The van der Waals surface area contributed by atoms with Crippen LogP contribution in [0.15, 0.2) is 42.5 Å². The van der Waals surface area contributed by atoms with Gasteiger partial charge in [-0.05, 0) is 0 Å². The minimum atomic E-state index is -0.719. The molecule has 0 N–H and O–H groups in total. The van der Waals surface area contributed by atoms with Gasteiger partial charge in [-0.25, -0.2) is 0 Å². The molecule has 2 aromatic carbocycles. The van der Waals surface area contributed by atoms with Gasteiger partial charge in [-0.2, -0.15) is 0 Å². The maximum Gasteiger partial charge on any atom is -0.147 e. The molecule has 2 aromatic rings. The third kappa shape index (κ3) is 4.39. The number of halogens is 1. The zero-order chi connectivity index (χ0) is 24.1. The molecule has 2 aliphatic heterocycles. The number of carbonyl (C=O) groups is 1. The van der Waals surface area contributed by atoms with E-state index in [9.17, 15) is 14.9 Å². The van der Waals surface area contributed by atoms with E-state index >= 15 is 0 Å². The Morgan fingerprint density at radius 3 is 2.65 bits per heavy atom. The number of hydrogen-bond donors (Lipinski definition) is 0. The minimum absolute atomic E-state index is 0. The van der Waals surface area contributed by atoms with E-state index in [1.807, 2.05) is 33.3 Å². The van der Waals surface area contributed by atoms with E-state index in [0.29, 0.717) is 16.9 Å². The second-order valence-corrected chi connectivity index (χ2v) is 10.9. The summed E-state index contributed by atoms with van der Waals surface area (Å²) in [5.74, 6) is -0.0682. The Bertz CT molecular complexity index is 1230. The van der Waals surface area contributed by atoms with Crippen molar-refractivity contribution in [1.82, 2.24) is 0 Å². The summed E-state index contributed by atoms with van der Waals surface area (Å²) in [4.78, 5) is 27.2. The van der Waals surface area contributed by atoms with Crippen molar-refractivity contribution >= 4 is 60.9 Å². The first-order valence-corrected chi connectivity index (χ1v) is 12.0. The predicted molar refractivity (Wildman–Crippen MR) is 137 cm³/mol. The van der Waals surface area contributed by atoms with Crippen molar-refractivity contribution < 1.29 is 19.2 Å². The van der Waals surface area contributed by atoms with E-state index in [1.165, 1.54) is 22.2 Å². The Kier molecular flexibility index (Phi) is 7.03. The van der Waals surface area contributed by atoms with E-state index in [1.54, 1.807) is 6.92 Å². The molecule has 4 rings (SSSR count). The number of esters is 1. The van der Waals surface area contributed by atoms with Gasteiger partial charge in [0.15, 0.2) is 0 Å². The van der Waals surface area contributed by atoms with Crippen molar-refractivity contribution in [3.8, 4) is 5.75 Å². The Labute approximate surface area is 210 Å². The maximum atomic E-state index is 12.0. The zero-order valence-electron chi connectivity index (χ0n) is 19.6. The van der Waals surface area contributed by atoms with Gasteiger partial charge >= 0.3 is 199 Å². The number of nitro groups is 1. The fourth-order valence-electron chi connectivity index (χ4n) is 3.92. The number of anilines is 2. The second kappa shape index (κ2) is 9.33. The molecule has 0 aromatic heterocycles. The minimum Gasteiger partial charge on any atom is -0.147 e. The average Bonchev–Trinajstić information content (AvgIpc) is 3.01. The van der Waals surface area contributed by atoms with Crippen molar-refractivity contribution in [2.75, 3.05) is 30.9 Å². The maximum absolute atomic E-state index is 12.0. The Hall–Kier alpha value is -3.00. The third-order valence-corrected chi connectivity index (χ3v) is 8.46. The van der Waals surface area contributed by atoms with Gasteiger partial charge in [0, 0.05) is 0 Å². The van der Waals surface area contributed by atoms with Crippen LogP contribution >= 0.6 is 12.4 Å². The van der Waals surface area contributed by atoms with E-state index in [-0.39, 0.29) is 45.2 Å². The molecular formula is C24H26ClN3O5Se. The molecule has 34 heavy (non-hydrogen) atoms. The van der Waals surface area contributed by atoms with Crippen LogP contribution in [0.5, 0.6) is 5.75 Å². The van der Waals surface area contributed by atoms with Crippen LogP contribution < -0.4 is 19.0 Å². The van der Waals surface area contributed by atoms with Gasteiger partial charge in [0.05, 0.1) is 0 Å². The molecule has 1 unspecified atom stereocenters. The van der Waals surface area contributed by atoms with Crippen LogP contribution in [0.2, 0.25) is 0 Å². The number of carbonyl (C=O) groups excluding carboxylic acids is 1. The van der Waals surface area contributed by atoms with Crippen molar-refractivity contribution in [2.24, 2.45) is 0 Å². The molecule has 180 valence electrons. The number of fused-ring (bicyclic) bond motifs is 2. The van der Waals surface area contributed by atoms with Crippen LogP contribution in [0.1, 0.15) is 23.6 Å². The van der Waals surface area contributed by atoms with Crippen LogP contribution in [-0.2, 0) is 16.1 Å². The molecule has 1 spiro atoms. The molecule has 2 heterocycles. The quantitative estimate of drug-likeness (QED) is 0.185. The first-order chi connectivity index (χ1) is 15.5. The van der Waals surface area contributed by atoms with Gasteiger partial charge in [0.1, 0.15) is 0 Å². The molecule has 0 radical (unpaired) electrons. The number of benzene rings is 2. The van der Waals surface area contributed by atoms with Crippen molar-refractivity contribution in [2.45, 2.75) is 25.1 Å². The van der Waals surface area contributed by atoms with Crippen molar-refractivity contribution in [3.63, 3.8) is 0 Å². The molecule has 2 aliphatic rings. The van der Waals surface area contributed by atoms with E-state index in [4.69, 9.17) is 9.47 Å². The Morgan fingerprint density at radius 2 is 2.03 bits per heavy atom. The normalized spacial score (nSPS) is 17.4. The van der Waals surface area contributed by atoms with Crippen LogP contribution in [0.4, 0.5) is 17.1 Å². The monoisotopic (exact) mass is 551 g/mol. The van der Waals surface area contributed by atoms with Gasteiger partial charge in [-0.3, -0.25) is 0 Å². The van der Waals surface area contributed by atoms with Gasteiger partial charge in [-0.1, -0.05) is 0 Å². The van der Waals surface area contributed by atoms with E-state index < -0.39 is 15.5 Å². The fourth-order valence-corrected chi connectivity index (χ4v) is 6.61. The second-order valence-electron chi connectivity index (χ2n) is 8.36. The number of rotatable bonds is 5. The average molecular weight is 551 g/mol. The van der Waals surface area contributed by atoms with E-state index in [0.717, 1.165) is 11.4 Å². The molecule has 0 amide bonds. The number of hydrogen-bond acceptors (Lipinski definition) is 7. The molecule has 10 heteroatoms. The van der Waals surface area contributed by atoms with E-state index in [2.05, 4.69) is 35.4 Å². The number of nitro benzene ring substituents is 1. The molecule has 1 atom stereocenters. The first kappa shape index (κ1) is 25.6. The molecule has 0 saturated carbocycles. The summed E-state index contributed by atoms with van der Waals surface area (Å²) in [5, 5.41) is 11.5. The van der Waals surface area contributed by atoms with Crippen molar-refractivity contribution in [1.29, 1.82) is 0 Å². The SMILES string of the molecule is C=C(C)C(=O)OCc1cc([N+](=O)[O-])cc2c1OC1(C=C2)[Se]c2cc(N(C)C)c(C)cc2N1C.Cl. The molecule has 0 aliphatic carbocycles. The smallest absolute Gasteiger partial charge is 0.147 e. The zero-order valence-corrected chi connectivity index (χ0v) is 22.1. The van der Waals surface area contributed by atoms with Crippen LogP contribution in [-0.4, -0.2) is 51.6 Å². The van der Waals surface area contributed by atoms with Gasteiger partial charge in [-0.15, -0.1) is 12.4 Å². The summed E-state index contributed by atoms with van der Waals surface area (Å²) in [7, 11) is 6.04. The first-order valence-electron chi connectivity index (χ1n) is 10.3. The predicted octanol–water partition coefficient (Wildman–Crippen LogP) is 3.55. The van der Waals surface area contributed by atoms with Crippen LogP contribution in [0.25, 0.3) is 6.08 Å². The summed E-state index contributed by atoms with van der Waals surface area (Å²) in [5.41, 5.74) is 4.63. The summed E-state index contributed by atoms with van der Waals surface area (Å²) in [6, 6.07) is 7.25. The van der Waals surface area contributed by atoms with Gasteiger partial charge < -0.3 is 0 Å². The number of nitrogens with zero attached hydrogens (tertiary/aromatic N) is 3. The summed E-state index contributed by atoms with van der Waals surface area (Å²) < 4.78 is 12.4. The molecule has 0 bridgehead atoms. The number of non-ortho nitro benzene ring substituents is 1. The van der Waals surface area contributed by atoms with Crippen LogP contribution in [0.3, 0.4) is 0 Å². The van der Waals surface area contributed by atoms with Crippen molar-refractivity contribution in [3.05, 3.63) is 69.3 Å². The topological polar surface area (TPSA) is 85.1 Å². The number of aryl methyl sites for hydroxylation is 1. The fraction of sp³-hybridized carbons (Fsp3) is 0.292. The third-order valence-electron chi connectivity index (χ3n) is 5.66.